The maximum Gasteiger partial charge on any atom is 0.0378 e. The lowest BCUT2D eigenvalue weighted by molar-refractivity contribution is 1.10. The molecule has 0 atom stereocenters. The van der Waals surface area contributed by atoms with Gasteiger partial charge in [-0.05, 0) is 31.5 Å². The third kappa shape index (κ3) is 1.74. The molecular weight excluding hydrogens is 142 g/mol. The van der Waals surface area contributed by atoms with Crippen molar-refractivity contribution in [3.05, 3.63) is 29.1 Å². The van der Waals surface area contributed by atoms with Crippen molar-refractivity contribution in [3.63, 3.8) is 0 Å². The molecule has 0 aliphatic carbocycles. The van der Waals surface area contributed by atoms with E-state index in [1.807, 2.05) is 13.8 Å². The van der Waals surface area contributed by atoms with E-state index in [1.165, 1.54) is 5.56 Å². The summed E-state index contributed by atoms with van der Waals surface area (Å²) in [5.41, 5.74) is 3.39. The number of aryl methyl sites for hydroxylation is 2. The van der Waals surface area contributed by atoms with Crippen molar-refractivity contribution in [1.82, 2.24) is 4.98 Å². The van der Waals surface area contributed by atoms with Crippen LogP contribution >= 0.6 is 12.6 Å². The third-order valence-corrected chi connectivity index (χ3v) is 1.69. The average molecular weight is 153 g/mol. The molecule has 0 aromatic carbocycles. The van der Waals surface area contributed by atoms with E-state index in [9.17, 15) is 0 Å². The fourth-order valence-electron chi connectivity index (χ4n) is 1.01. The van der Waals surface area contributed by atoms with Crippen LogP contribution in [0.25, 0.3) is 0 Å². The predicted octanol–water partition coefficient (Wildman–Crippen LogP) is 2.13. The van der Waals surface area contributed by atoms with Gasteiger partial charge in [-0.15, -0.1) is 0 Å². The van der Waals surface area contributed by atoms with Crippen LogP contribution in [0.2, 0.25) is 0 Å². The van der Waals surface area contributed by atoms with Gasteiger partial charge in [-0.25, -0.2) is 0 Å². The van der Waals surface area contributed by atoms with E-state index in [4.69, 9.17) is 0 Å². The number of pyridine rings is 1. The van der Waals surface area contributed by atoms with Gasteiger partial charge in [0.15, 0.2) is 0 Å². The molecule has 0 saturated heterocycles. The van der Waals surface area contributed by atoms with Crippen LogP contribution in [-0.4, -0.2) is 4.98 Å². The molecule has 1 aromatic heterocycles. The van der Waals surface area contributed by atoms with Crippen molar-refractivity contribution in [2.75, 3.05) is 0 Å². The minimum Gasteiger partial charge on any atom is -0.258 e. The number of nitrogens with zero attached hydrogens (tertiary/aromatic N) is 1. The molecule has 1 nitrogen and oxygen atoms in total. The average Bonchev–Trinajstić information content (AvgIpc) is 1.85. The van der Waals surface area contributed by atoms with Gasteiger partial charge in [0.25, 0.3) is 0 Å². The summed E-state index contributed by atoms with van der Waals surface area (Å²) in [5, 5.41) is 0. The van der Waals surface area contributed by atoms with E-state index < -0.39 is 0 Å². The molecule has 2 heteroatoms. The zero-order valence-electron chi connectivity index (χ0n) is 6.26. The Morgan fingerprint density at radius 3 is 2.20 bits per heavy atom. The van der Waals surface area contributed by atoms with E-state index in [-0.39, 0.29) is 0 Å². The summed E-state index contributed by atoms with van der Waals surface area (Å²) in [6.45, 7) is 4.00. The van der Waals surface area contributed by atoms with E-state index in [0.717, 1.165) is 17.1 Å². The zero-order valence-corrected chi connectivity index (χ0v) is 7.15. The van der Waals surface area contributed by atoms with Crippen LogP contribution in [0.5, 0.6) is 0 Å². The van der Waals surface area contributed by atoms with Crippen LogP contribution in [0, 0.1) is 13.8 Å². The Bertz CT molecular complexity index is 212. The molecule has 0 bridgehead atoms. The summed E-state index contributed by atoms with van der Waals surface area (Å²) in [6, 6.07) is 4.11. The SMILES string of the molecule is Cc1cc(CS)cc(C)n1. The highest BCUT2D eigenvalue weighted by Gasteiger charge is 1.92. The van der Waals surface area contributed by atoms with Gasteiger partial charge in [-0.2, -0.15) is 12.6 Å². The topological polar surface area (TPSA) is 12.9 Å². The van der Waals surface area contributed by atoms with Crippen molar-refractivity contribution in [1.29, 1.82) is 0 Å². The first-order valence-electron chi connectivity index (χ1n) is 3.27. The molecule has 1 heterocycles. The van der Waals surface area contributed by atoms with Crippen LogP contribution in [-0.2, 0) is 5.75 Å². The van der Waals surface area contributed by atoms with Gasteiger partial charge in [-0.1, -0.05) is 0 Å². The first-order valence-corrected chi connectivity index (χ1v) is 3.90. The van der Waals surface area contributed by atoms with Crippen molar-refractivity contribution in [2.24, 2.45) is 0 Å². The third-order valence-electron chi connectivity index (χ3n) is 1.32. The Hall–Kier alpha value is -0.500. The second kappa shape index (κ2) is 3.06. The second-order valence-electron chi connectivity index (χ2n) is 2.42. The Morgan fingerprint density at radius 2 is 1.80 bits per heavy atom. The predicted molar refractivity (Wildman–Crippen MR) is 46.4 cm³/mol. The van der Waals surface area contributed by atoms with Gasteiger partial charge in [0, 0.05) is 17.1 Å². The molecule has 54 valence electrons. The van der Waals surface area contributed by atoms with Gasteiger partial charge < -0.3 is 0 Å². The van der Waals surface area contributed by atoms with Gasteiger partial charge in [0.2, 0.25) is 0 Å². The van der Waals surface area contributed by atoms with Crippen molar-refractivity contribution in [3.8, 4) is 0 Å². The standard InChI is InChI=1S/C8H11NS/c1-6-3-8(5-10)4-7(2)9-6/h3-4,10H,5H2,1-2H3. The molecule has 0 spiro atoms. The molecular formula is C8H11NS. The molecule has 0 unspecified atom stereocenters. The quantitative estimate of drug-likeness (QED) is 0.610. The fraction of sp³-hybridized carbons (Fsp3) is 0.375. The minimum absolute atomic E-state index is 0.796. The molecule has 0 N–H and O–H groups in total. The molecule has 0 aliphatic heterocycles. The highest BCUT2D eigenvalue weighted by Crippen LogP contribution is 2.06. The van der Waals surface area contributed by atoms with Crippen LogP contribution in [0.4, 0.5) is 0 Å². The van der Waals surface area contributed by atoms with E-state index >= 15 is 0 Å². The van der Waals surface area contributed by atoms with Crippen molar-refractivity contribution < 1.29 is 0 Å². The van der Waals surface area contributed by atoms with Crippen molar-refractivity contribution in [2.45, 2.75) is 19.6 Å². The number of rotatable bonds is 1. The molecule has 10 heavy (non-hydrogen) atoms. The van der Waals surface area contributed by atoms with Crippen LogP contribution in [0.3, 0.4) is 0 Å². The van der Waals surface area contributed by atoms with Crippen LogP contribution in [0.1, 0.15) is 17.0 Å². The van der Waals surface area contributed by atoms with E-state index in [1.54, 1.807) is 0 Å². The van der Waals surface area contributed by atoms with Gasteiger partial charge in [-0.3, -0.25) is 4.98 Å². The number of aromatic nitrogens is 1. The van der Waals surface area contributed by atoms with Gasteiger partial charge in [0.05, 0.1) is 0 Å². The Labute approximate surface area is 66.9 Å². The Kier molecular flexibility index (Phi) is 2.33. The van der Waals surface area contributed by atoms with E-state index in [0.29, 0.717) is 0 Å². The van der Waals surface area contributed by atoms with Crippen LogP contribution < -0.4 is 0 Å². The van der Waals surface area contributed by atoms with Crippen LogP contribution in [0.15, 0.2) is 12.1 Å². The number of hydrogen-bond acceptors (Lipinski definition) is 2. The largest absolute Gasteiger partial charge is 0.258 e. The first-order chi connectivity index (χ1) is 4.72. The fourth-order valence-corrected chi connectivity index (χ4v) is 1.19. The summed E-state index contributed by atoms with van der Waals surface area (Å²) in [6.07, 6.45) is 0. The van der Waals surface area contributed by atoms with Gasteiger partial charge in [0.1, 0.15) is 0 Å². The second-order valence-corrected chi connectivity index (χ2v) is 2.73. The lowest BCUT2D eigenvalue weighted by Crippen LogP contribution is -1.88. The molecule has 1 rings (SSSR count). The monoisotopic (exact) mass is 153 g/mol. The molecule has 0 saturated carbocycles. The minimum atomic E-state index is 0.796. The van der Waals surface area contributed by atoms with E-state index in [2.05, 4.69) is 29.7 Å². The molecule has 0 radical (unpaired) electrons. The first kappa shape index (κ1) is 7.61. The zero-order chi connectivity index (χ0) is 7.56. The smallest absolute Gasteiger partial charge is 0.0378 e. The molecule has 0 amide bonds. The lowest BCUT2D eigenvalue weighted by Gasteiger charge is -1.99. The maximum atomic E-state index is 4.25. The van der Waals surface area contributed by atoms with Crippen molar-refractivity contribution >= 4 is 12.6 Å². The Balaban J connectivity index is 3.06. The van der Waals surface area contributed by atoms with Gasteiger partial charge >= 0.3 is 0 Å². The summed E-state index contributed by atoms with van der Waals surface area (Å²) >= 11 is 4.18. The molecule has 1 aromatic rings. The molecule has 0 fully saturated rings. The summed E-state index contributed by atoms with van der Waals surface area (Å²) < 4.78 is 0. The number of thiol groups is 1. The summed E-state index contributed by atoms with van der Waals surface area (Å²) in [7, 11) is 0. The highest BCUT2D eigenvalue weighted by atomic mass is 32.1. The summed E-state index contributed by atoms with van der Waals surface area (Å²) in [4.78, 5) is 4.25. The lowest BCUT2D eigenvalue weighted by atomic mass is 10.2. The normalized spacial score (nSPS) is 9.90. The Morgan fingerprint density at radius 1 is 1.30 bits per heavy atom. The number of hydrogen-bond donors (Lipinski definition) is 1. The summed E-state index contributed by atoms with van der Waals surface area (Å²) in [5.74, 6) is 0.796. The highest BCUT2D eigenvalue weighted by molar-refractivity contribution is 7.79. The molecule has 0 aliphatic rings. The maximum absolute atomic E-state index is 4.25.